The lowest BCUT2D eigenvalue weighted by Crippen LogP contribution is -2.04. The Balaban J connectivity index is 1.86. The van der Waals surface area contributed by atoms with Crippen LogP contribution in [0.4, 0.5) is 0 Å². The van der Waals surface area contributed by atoms with E-state index in [9.17, 15) is 5.11 Å². The van der Waals surface area contributed by atoms with Crippen LogP contribution in [0.1, 0.15) is 16.8 Å². The number of aliphatic hydroxyl groups excluding tert-OH is 1. The summed E-state index contributed by atoms with van der Waals surface area (Å²) in [6.45, 7) is 0. The van der Waals surface area contributed by atoms with Crippen LogP contribution >= 0.6 is 22.9 Å². The van der Waals surface area contributed by atoms with Crippen LogP contribution in [0.3, 0.4) is 0 Å². The van der Waals surface area contributed by atoms with E-state index >= 15 is 0 Å². The molecule has 3 rings (SSSR count). The molecule has 0 bridgehead atoms. The average molecular weight is 291 g/mol. The lowest BCUT2D eigenvalue weighted by molar-refractivity contribution is 0.173. The van der Waals surface area contributed by atoms with Crippen molar-refractivity contribution in [3.63, 3.8) is 0 Å². The number of nitrogens with zero attached hydrogens (tertiary/aromatic N) is 2. The van der Waals surface area contributed by atoms with Gasteiger partial charge in [-0.1, -0.05) is 23.7 Å². The molecule has 0 aliphatic rings. The van der Waals surface area contributed by atoms with Crippen LogP contribution in [-0.2, 0) is 6.42 Å². The van der Waals surface area contributed by atoms with E-state index in [1.165, 1.54) is 0 Å². The van der Waals surface area contributed by atoms with E-state index in [1.54, 1.807) is 29.7 Å². The summed E-state index contributed by atoms with van der Waals surface area (Å²) in [5.74, 6) is 0. The molecule has 0 fully saturated rings. The molecule has 0 amide bonds. The van der Waals surface area contributed by atoms with Gasteiger partial charge in [-0.25, -0.2) is 4.98 Å². The number of hydrogen-bond donors (Lipinski definition) is 1. The molecule has 1 atom stereocenters. The second kappa shape index (κ2) is 5.25. The fraction of sp³-hybridized carbons (Fsp3) is 0.143. The molecule has 2 heterocycles. The minimum absolute atomic E-state index is 0.427. The van der Waals surface area contributed by atoms with Crippen molar-refractivity contribution < 1.29 is 5.11 Å². The van der Waals surface area contributed by atoms with Crippen LogP contribution in [0.15, 0.2) is 42.6 Å². The Morgan fingerprint density at radius 1 is 1.21 bits per heavy atom. The highest BCUT2D eigenvalue weighted by Gasteiger charge is 2.15. The summed E-state index contributed by atoms with van der Waals surface area (Å²) in [6.07, 6.45) is 1.33. The number of halogens is 1. The quantitative estimate of drug-likeness (QED) is 0.801. The molecule has 5 heteroatoms. The molecule has 96 valence electrons. The minimum Gasteiger partial charge on any atom is -0.386 e. The largest absolute Gasteiger partial charge is 0.386 e. The number of aromatic nitrogens is 2. The topological polar surface area (TPSA) is 46.0 Å². The Morgan fingerprint density at radius 3 is 2.84 bits per heavy atom. The molecule has 3 nitrogen and oxygen atoms in total. The summed E-state index contributed by atoms with van der Waals surface area (Å²) in [7, 11) is 0. The van der Waals surface area contributed by atoms with Crippen LogP contribution in [0.5, 0.6) is 0 Å². The lowest BCUT2D eigenvalue weighted by atomic mass is 10.2. The molecule has 1 aromatic carbocycles. The van der Waals surface area contributed by atoms with Gasteiger partial charge < -0.3 is 5.11 Å². The molecule has 0 saturated carbocycles. The zero-order valence-electron chi connectivity index (χ0n) is 9.95. The molecular formula is C14H11ClN2OS. The minimum atomic E-state index is -0.728. The van der Waals surface area contributed by atoms with Gasteiger partial charge in [0.1, 0.15) is 6.10 Å². The zero-order valence-corrected chi connectivity index (χ0v) is 11.5. The first-order chi connectivity index (χ1) is 9.24. The third-order valence-corrected chi connectivity index (χ3v) is 4.19. The number of para-hydroxylation sites is 1. The van der Waals surface area contributed by atoms with Gasteiger partial charge in [-0.15, -0.1) is 11.3 Å². The third kappa shape index (κ3) is 2.61. The van der Waals surface area contributed by atoms with Gasteiger partial charge in [-0.2, -0.15) is 0 Å². The third-order valence-electron chi connectivity index (χ3n) is 2.81. The summed E-state index contributed by atoms with van der Waals surface area (Å²) in [5.41, 5.74) is 1.46. The number of fused-ring (bicyclic) bond motifs is 1. The van der Waals surface area contributed by atoms with Crippen molar-refractivity contribution in [2.45, 2.75) is 12.5 Å². The molecule has 2 aromatic heterocycles. The normalized spacial score (nSPS) is 12.7. The summed E-state index contributed by atoms with van der Waals surface area (Å²) in [6, 6.07) is 11.4. The second-order valence-electron chi connectivity index (χ2n) is 4.17. The predicted octanol–water partition coefficient (Wildman–Crippen LogP) is 3.62. The molecule has 19 heavy (non-hydrogen) atoms. The van der Waals surface area contributed by atoms with Crippen molar-refractivity contribution in [2.24, 2.45) is 0 Å². The van der Waals surface area contributed by atoms with E-state index in [4.69, 9.17) is 11.6 Å². The molecule has 0 aliphatic carbocycles. The molecule has 0 saturated heterocycles. The van der Waals surface area contributed by atoms with Gasteiger partial charge in [0.05, 0.1) is 25.9 Å². The number of aliphatic hydroxyl groups is 1. The van der Waals surface area contributed by atoms with Crippen LogP contribution < -0.4 is 0 Å². The van der Waals surface area contributed by atoms with E-state index in [0.717, 1.165) is 15.2 Å². The molecule has 3 aromatic rings. The maximum Gasteiger partial charge on any atom is 0.104 e. The number of hydrogen-bond acceptors (Lipinski definition) is 4. The summed E-state index contributed by atoms with van der Waals surface area (Å²) >= 11 is 7.61. The molecule has 1 N–H and O–H groups in total. The standard InChI is InChI=1S/C14H11ClN2OS/c15-9-4-3-7-16-14(9)11(18)8-13-17-10-5-1-2-6-12(10)19-13/h1-7,11,18H,8H2. The van der Waals surface area contributed by atoms with Gasteiger partial charge in [0.25, 0.3) is 0 Å². The van der Waals surface area contributed by atoms with Crippen molar-refractivity contribution in [2.75, 3.05) is 0 Å². The van der Waals surface area contributed by atoms with Crippen LogP contribution in [0.2, 0.25) is 5.02 Å². The monoisotopic (exact) mass is 290 g/mol. The zero-order chi connectivity index (χ0) is 13.2. The van der Waals surface area contributed by atoms with E-state index in [0.29, 0.717) is 17.1 Å². The average Bonchev–Trinajstić information content (AvgIpc) is 2.81. The number of pyridine rings is 1. The first-order valence-corrected chi connectivity index (χ1v) is 7.06. The molecule has 0 aliphatic heterocycles. The first-order valence-electron chi connectivity index (χ1n) is 5.87. The first kappa shape index (κ1) is 12.5. The van der Waals surface area contributed by atoms with Crippen molar-refractivity contribution in [3.8, 4) is 0 Å². The molecule has 1 unspecified atom stereocenters. The maximum absolute atomic E-state index is 10.2. The van der Waals surface area contributed by atoms with Crippen LogP contribution in [0, 0.1) is 0 Å². The van der Waals surface area contributed by atoms with E-state index in [1.807, 2.05) is 24.3 Å². The second-order valence-corrected chi connectivity index (χ2v) is 5.69. The maximum atomic E-state index is 10.2. The van der Waals surface area contributed by atoms with Gasteiger partial charge in [0.2, 0.25) is 0 Å². The van der Waals surface area contributed by atoms with Crippen LogP contribution in [0.25, 0.3) is 10.2 Å². The highest BCUT2D eigenvalue weighted by molar-refractivity contribution is 7.18. The van der Waals surface area contributed by atoms with Gasteiger partial charge in [0, 0.05) is 12.6 Å². The van der Waals surface area contributed by atoms with E-state index in [2.05, 4.69) is 9.97 Å². The molecular weight excluding hydrogens is 280 g/mol. The Bertz CT molecular complexity index is 680. The van der Waals surface area contributed by atoms with E-state index in [-0.39, 0.29) is 0 Å². The highest BCUT2D eigenvalue weighted by atomic mass is 35.5. The van der Waals surface area contributed by atoms with Gasteiger partial charge in [-0.3, -0.25) is 4.98 Å². The molecule has 0 spiro atoms. The van der Waals surface area contributed by atoms with Crippen molar-refractivity contribution in [1.29, 1.82) is 0 Å². The van der Waals surface area contributed by atoms with Gasteiger partial charge >= 0.3 is 0 Å². The van der Waals surface area contributed by atoms with Crippen LogP contribution in [-0.4, -0.2) is 15.1 Å². The Morgan fingerprint density at radius 2 is 2.05 bits per heavy atom. The SMILES string of the molecule is OC(Cc1nc2ccccc2s1)c1ncccc1Cl. The number of thiazole rings is 1. The molecule has 0 radical (unpaired) electrons. The summed E-state index contributed by atoms with van der Waals surface area (Å²) < 4.78 is 1.12. The lowest BCUT2D eigenvalue weighted by Gasteiger charge is -2.09. The Labute approximate surface area is 119 Å². The van der Waals surface area contributed by atoms with Gasteiger partial charge in [-0.05, 0) is 24.3 Å². The highest BCUT2D eigenvalue weighted by Crippen LogP contribution is 2.27. The summed E-state index contributed by atoms with van der Waals surface area (Å²) in [5, 5.41) is 11.6. The fourth-order valence-corrected chi connectivity index (χ4v) is 3.16. The van der Waals surface area contributed by atoms with Crippen molar-refractivity contribution >= 4 is 33.2 Å². The number of rotatable bonds is 3. The van der Waals surface area contributed by atoms with Crippen molar-refractivity contribution in [1.82, 2.24) is 9.97 Å². The Kier molecular flexibility index (Phi) is 3.46. The number of benzene rings is 1. The smallest absolute Gasteiger partial charge is 0.104 e. The van der Waals surface area contributed by atoms with Crippen molar-refractivity contribution in [3.05, 3.63) is 58.3 Å². The summed E-state index contributed by atoms with van der Waals surface area (Å²) in [4.78, 5) is 8.62. The Hall–Kier alpha value is -1.49. The van der Waals surface area contributed by atoms with E-state index < -0.39 is 6.10 Å². The van der Waals surface area contributed by atoms with Gasteiger partial charge in [0.15, 0.2) is 0 Å². The predicted molar refractivity (Wildman–Crippen MR) is 77.5 cm³/mol. The fourth-order valence-electron chi connectivity index (χ4n) is 1.91.